The maximum absolute atomic E-state index is 14.5. The number of halogens is 2. The summed E-state index contributed by atoms with van der Waals surface area (Å²) < 4.78 is 21.7. The van der Waals surface area contributed by atoms with Crippen molar-refractivity contribution in [3.8, 4) is 5.75 Å². The SMILES string of the molecule is Cn1c(C(=O)NC2CCOc3c2ccc(C(N)=O)c3F)cc2ccc(Cl)cc21. The summed E-state index contributed by atoms with van der Waals surface area (Å²) in [5.41, 5.74) is 6.72. The zero-order chi connectivity index (χ0) is 20.0. The molecule has 2 amide bonds. The fraction of sp³-hybridized carbons (Fsp3) is 0.200. The van der Waals surface area contributed by atoms with Crippen molar-refractivity contribution in [1.29, 1.82) is 0 Å². The van der Waals surface area contributed by atoms with Crippen LogP contribution in [-0.2, 0) is 7.05 Å². The van der Waals surface area contributed by atoms with Gasteiger partial charge >= 0.3 is 0 Å². The number of aryl methyl sites for hydroxylation is 1. The van der Waals surface area contributed by atoms with Crippen LogP contribution in [0.2, 0.25) is 5.02 Å². The van der Waals surface area contributed by atoms with Crippen LogP contribution in [0.15, 0.2) is 36.4 Å². The fourth-order valence-electron chi connectivity index (χ4n) is 3.52. The predicted molar refractivity (Wildman–Crippen MR) is 103 cm³/mol. The Labute approximate surface area is 165 Å². The molecule has 1 aliphatic rings. The van der Waals surface area contributed by atoms with Gasteiger partial charge in [0.15, 0.2) is 11.6 Å². The van der Waals surface area contributed by atoms with Gasteiger partial charge in [0.25, 0.3) is 11.8 Å². The van der Waals surface area contributed by atoms with Gasteiger partial charge in [-0.15, -0.1) is 0 Å². The lowest BCUT2D eigenvalue weighted by molar-refractivity contribution is 0.0913. The molecule has 0 bridgehead atoms. The monoisotopic (exact) mass is 401 g/mol. The van der Waals surface area contributed by atoms with Crippen LogP contribution >= 0.6 is 11.6 Å². The zero-order valence-corrected chi connectivity index (χ0v) is 15.7. The number of nitrogens with one attached hydrogen (secondary N) is 1. The van der Waals surface area contributed by atoms with Gasteiger partial charge in [-0.1, -0.05) is 23.7 Å². The number of carbonyl (C=O) groups excluding carboxylic acids is 2. The van der Waals surface area contributed by atoms with E-state index in [1.54, 1.807) is 35.9 Å². The average molecular weight is 402 g/mol. The Morgan fingerprint density at radius 3 is 2.82 bits per heavy atom. The first-order valence-corrected chi connectivity index (χ1v) is 9.05. The van der Waals surface area contributed by atoms with Crippen LogP contribution in [0.25, 0.3) is 10.9 Å². The van der Waals surface area contributed by atoms with Crippen molar-refractivity contribution in [3.63, 3.8) is 0 Å². The van der Waals surface area contributed by atoms with Gasteiger partial charge in [0.2, 0.25) is 0 Å². The molecule has 1 aliphatic heterocycles. The molecule has 0 spiro atoms. The molecule has 2 heterocycles. The van der Waals surface area contributed by atoms with Gasteiger partial charge in [-0.3, -0.25) is 9.59 Å². The highest BCUT2D eigenvalue weighted by atomic mass is 35.5. The number of aromatic nitrogens is 1. The lowest BCUT2D eigenvalue weighted by Crippen LogP contribution is -2.33. The molecule has 8 heteroatoms. The van der Waals surface area contributed by atoms with Crippen molar-refractivity contribution in [3.05, 3.63) is 64.1 Å². The van der Waals surface area contributed by atoms with Crippen LogP contribution in [0.1, 0.15) is 38.9 Å². The molecule has 0 saturated heterocycles. The Hall–Kier alpha value is -3.06. The number of nitrogens with two attached hydrogens (primary N) is 1. The number of rotatable bonds is 3. The maximum atomic E-state index is 14.5. The van der Waals surface area contributed by atoms with Gasteiger partial charge in [0, 0.05) is 35.0 Å². The molecule has 0 aliphatic carbocycles. The molecule has 1 atom stereocenters. The number of nitrogens with zero attached hydrogens (tertiary/aromatic N) is 1. The van der Waals surface area contributed by atoms with Gasteiger partial charge in [0.05, 0.1) is 18.2 Å². The first-order valence-electron chi connectivity index (χ1n) is 8.67. The molecule has 3 N–H and O–H groups in total. The summed E-state index contributed by atoms with van der Waals surface area (Å²) in [6.07, 6.45) is 0.476. The molecule has 4 rings (SSSR count). The van der Waals surface area contributed by atoms with Gasteiger partial charge in [-0.2, -0.15) is 0 Å². The second-order valence-electron chi connectivity index (χ2n) is 6.66. The largest absolute Gasteiger partial charge is 0.490 e. The molecule has 144 valence electrons. The standard InChI is InChI=1S/C20H17ClFN3O3/c1-25-15-9-11(21)3-2-10(15)8-16(25)20(27)24-14-6-7-28-18-12(14)4-5-13(17(18)22)19(23)26/h2-5,8-9,14H,6-7H2,1H3,(H2,23,26)(H,24,27). The molecule has 28 heavy (non-hydrogen) atoms. The van der Waals surface area contributed by atoms with E-state index in [0.29, 0.717) is 22.7 Å². The smallest absolute Gasteiger partial charge is 0.268 e. The maximum Gasteiger partial charge on any atom is 0.268 e. The summed E-state index contributed by atoms with van der Waals surface area (Å²) in [7, 11) is 1.78. The van der Waals surface area contributed by atoms with Crippen molar-refractivity contribution < 1.29 is 18.7 Å². The number of hydrogen-bond donors (Lipinski definition) is 2. The number of carbonyl (C=O) groups is 2. The van der Waals surface area contributed by atoms with E-state index in [0.717, 1.165) is 10.9 Å². The molecule has 3 aromatic rings. The van der Waals surface area contributed by atoms with E-state index in [-0.39, 0.29) is 23.8 Å². The Bertz CT molecular complexity index is 1130. The molecular formula is C20H17ClFN3O3. The van der Waals surface area contributed by atoms with E-state index >= 15 is 0 Å². The highest BCUT2D eigenvalue weighted by Gasteiger charge is 2.29. The minimum Gasteiger partial charge on any atom is -0.490 e. The molecule has 0 radical (unpaired) electrons. The van der Waals surface area contributed by atoms with Crippen LogP contribution < -0.4 is 15.8 Å². The van der Waals surface area contributed by atoms with Crippen LogP contribution in [0, 0.1) is 5.82 Å². The molecule has 1 aromatic heterocycles. The number of amides is 2. The zero-order valence-electron chi connectivity index (χ0n) is 15.0. The molecular weight excluding hydrogens is 385 g/mol. The van der Waals surface area contributed by atoms with Crippen LogP contribution in [0.4, 0.5) is 4.39 Å². The summed E-state index contributed by atoms with van der Waals surface area (Å²) in [5.74, 6) is -2.02. The Morgan fingerprint density at radius 2 is 2.07 bits per heavy atom. The summed E-state index contributed by atoms with van der Waals surface area (Å²) in [6, 6.07) is 9.59. The Balaban J connectivity index is 1.66. The first-order chi connectivity index (χ1) is 13.4. The highest BCUT2D eigenvalue weighted by Crippen LogP contribution is 2.36. The van der Waals surface area contributed by atoms with Crippen molar-refractivity contribution >= 4 is 34.3 Å². The number of hydrogen-bond acceptors (Lipinski definition) is 3. The summed E-state index contributed by atoms with van der Waals surface area (Å²) in [5, 5.41) is 4.40. The number of primary amides is 1. The second kappa shape index (κ2) is 6.83. The van der Waals surface area contributed by atoms with Crippen LogP contribution in [0.3, 0.4) is 0 Å². The van der Waals surface area contributed by atoms with E-state index in [4.69, 9.17) is 22.1 Å². The molecule has 6 nitrogen and oxygen atoms in total. The van der Waals surface area contributed by atoms with E-state index in [1.165, 1.54) is 6.07 Å². The van der Waals surface area contributed by atoms with E-state index in [2.05, 4.69) is 5.32 Å². The van der Waals surface area contributed by atoms with Gasteiger partial charge in [0.1, 0.15) is 5.69 Å². The Morgan fingerprint density at radius 1 is 1.29 bits per heavy atom. The fourth-order valence-corrected chi connectivity index (χ4v) is 3.69. The van der Waals surface area contributed by atoms with Crippen molar-refractivity contribution in [2.45, 2.75) is 12.5 Å². The quantitative estimate of drug-likeness (QED) is 0.705. The number of ether oxygens (including phenoxy) is 1. The van der Waals surface area contributed by atoms with Crippen molar-refractivity contribution in [2.24, 2.45) is 12.8 Å². The summed E-state index contributed by atoms with van der Waals surface area (Å²) in [4.78, 5) is 24.2. The second-order valence-corrected chi connectivity index (χ2v) is 7.10. The molecule has 1 unspecified atom stereocenters. The van der Waals surface area contributed by atoms with Gasteiger partial charge in [-0.05, 0) is 24.3 Å². The van der Waals surface area contributed by atoms with Crippen LogP contribution in [0.5, 0.6) is 5.75 Å². The lowest BCUT2D eigenvalue weighted by Gasteiger charge is -2.27. The van der Waals surface area contributed by atoms with E-state index in [9.17, 15) is 14.0 Å². The molecule has 0 fully saturated rings. The molecule has 2 aromatic carbocycles. The third kappa shape index (κ3) is 2.97. The number of fused-ring (bicyclic) bond motifs is 2. The van der Waals surface area contributed by atoms with Crippen LogP contribution in [-0.4, -0.2) is 23.0 Å². The average Bonchev–Trinajstić information content (AvgIpc) is 2.98. The van der Waals surface area contributed by atoms with Crippen molar-refractivity contribution in [2.75, 3.05) is 6.61 Å². The first kappa shape index (κ1) is 18.3. The third-order valence-electron chi connectivity index (χ3n) is 4.97. The predicted octanol–water partition coefficient (Wildman–Crippen LogP) is 3.32. The summed E-state index contributed by atoms with van der Waals surface area (Å²) in [6.45, 7) is 0.210. The van der Waals surface area contributed by atoms with Gasteiger partial charge < -0.3 is 20.4 Å². The van der Waals surface area contributed by atoms with E-state index < -0.39 is 17.8 Å². The van der Waals surface area contributed by atoms with Gasteiger partial charge in [-0.25, -0.2) is 4.39 Å². The third-order valence-corrected chi connectivity index (χ3v) is 5.20. The topological polar surface area (TPSA) is 86.3 Å². The summed E-state index contributed by atoms with van der Waals surface area (Å²) >= 11 is 6.04. The minimum atomic E-state index is -0.871. The Kier molecular flexibility index (Phi) is 4.47. The lowest BCUT2D eigenvalue weighted by atomic mass is 9.98. The minimum absolute atomic E-state index is 0.0447. The highest BCUT2D eigenvalue weighted by molar-refractivity contribution is 6.31. The normalized spacial score (nSPS) is 15.8. The number of benzene rings is 2. The van der Waals surface area contributed by atoms with Crippen molar-refractivity contribution in [1.82, 2.24) is 9.88 Å². The molecule has 0 saturated carbocycles. The van der Waals surface area contributed by atoms with E-state index in [1.807, 2.05) is 6.07 Å².